The van der Waals surface area contributed by atoms with E-state index in [1.807, 2.05) is 72.6 Å². The Balaban J connectivity index is 2.15. The highest BCUT2D eigenvalue weighted by atomic mass is 32.2. The summed E-state index contributed by atoms with van der Waals surface area (Å²) >= 11 is 1.42. The number of oxime groups is 1. The number of nitrogens with zero attached hydrogens (tertiary/aromatic N) is 2. The first-order chi connectivity index (χ1) is 8.81. The second kappa shape index (κ2) is 6.12. The Morgan fingerprint density at radius 2 is 1.56 bits per heavy atom. The molecule has 2 aromatic carbocycles. The number of thioether (sulfide) groups is 1. The molecule has 92 valence electrons. The summed E-state index contributed by atoms with van der Waals surface area (Å²) in [7, 11) is 1.88. The van der Waals surface area contributed by atoms with E-state index in [4.69, 9.17) is 5.21 Å². The smallest absolute Gasteiger partial charge is 0.211 e. The number of amidine groups is 1. The quantitative estimate of drug-likeness (QED) is 0.293. The fourth-order valence-electron chi connectivity index (χ4n) is 1.51. The third-order valence-corrected chi connectivity index (χ3v) is 3.51. The predicted octanol–water partition coefficient (Wildman–Crippen LogP) is 3.66. The van der Waals surface area contributed by atoms with Gasteiger partial charge in [-0.15, -0.1) is 0 Å². The van der Waals surface area contributed by atoms with E-state index in [0.29, 0.717) is 5.17 Å². The molecule has 18 heavy (non-hydrogen) atoms. The maximum absolute atomic E-state index is 9.14. The molecule has 1 N–H and O–H groups in total. The van der Waals surface area contributed by atoms with Gasteiger partial charge in [0.15, 0.2) is 0 Å². The van der Waals surface area contributed by atoms with Crippen LogP contribution < -0.4 is 4.90 Å². The van der Waals surface area contributed by atoms with Gasteiger partial charge in [-0.05, 0) is 36.0 Å². The lowest BCUT2D eigenvalue weighted by molar-refractivity contribution is 0.320. The minimum atomic E-state index is 0.535. The monoisotopic (exact) mass is 258 g/mol. The SMILES string of the molecule is CN(/C(=N\O)Sc1ccccc1)c1ccccc1. The first kappa shape index (κ1) is 12.5. The van der Waals surface area contributed by atoms with Crippen LogP contribution in [0.5, 0.6) is 0 Å². The molecular weight excluding hydrogens is 244 g/mol. The fourth-order valence-corrected chi connectivity index (χ4v) is 2.30. The van der Waals surface area contributed by atoms with Crippen molar-refractivity contribution >= 4 is 22.6 Å². The number of hydrogen-bond donors (Lipinski definition) is 1. The Morgan fingerprint density at radius 1 is 1.00 bits per heavy atom. The normalized spacial score (nSPS) is 11.3. The van der Waals surface area contributed by atoms with Crippen molar-refractivity contribution in [3.05, 3.63) is 60.7 Å². The number of rotatable bonds is 2. The van der Waals surface area contributed by atoms with Gasteiger partial charge in [0.1, 0.15) is 0 Å². The van der Waals surface area contributed by atoms with E-state index in [-0.39, 0.29) is 0 Å². The molecule has 0 bridgehead atoms. The summed E-state index contributed by atoms with van der Waals surface area (Å²) in [4.78, 5) is 2.88. The number of hydrogen-bond acceptors (Lipinski definition) is 3. The number of anilines is 1. The van der Waals surface area contributed by atoms with Crippen molar-refractivity contribution in [2.24, 2.45) is 5.16 Å². The van der Waals surface area contributed by atoms with Crippen LogP contribution in [0.2, 0.25) is 0 Å². The van der Waals surface area contributed by atoms with Gasteiger partial charge in [-0.1, -0.05) is 41.6 Å². The first-order valence-corrected chi connectivity index (χ1v) is 6.36. The molecule has 0 heterocycles. The molecule has 0 fully saturated rings. The molecule has 0 aliphatic rings. The molecule has 0 aromatic heterocycles. The minimum absolute atomic E-state index is 0.535. The maximum atomic E-state index is 9.14. The predicted molar refractivity (Wildman–Crippen MR) is 76.4 cm³/mol. The average molecular weight is 258 g/mol. The van der Waals surface area contributed by atoms with Crippen LogP contribution in [-0.2, 0) is 0 Å². The summed E-state index contributed by atoms with van der Waals surface area (Å²) in [5.74, 6) is 0. The highest BCUT2D eigenvalue weighted by molar-refractivity contribution is 8.14. The van der Waals surface area contributed by atoms with Gasteiger partial charge in [0, 0.05) is 17.6 Å². The Hall–Kier alpha value is -1.94. The van der Waals surface area contributed by atoms with Crippen molar-refractivity contribution in [2.45, 2.75) is 4.90 Å². The van der Waals surface area contributed by atoms with Crippen LogP contribution in [0.1, 0.15) is 0 Å². The van der Waals surface area contributed by atoms with E-state index in [9.17, 15) is 0 Å². The summed E-state index contributed by atoms with van der Waals surface area (Å²) in [5.41, 5.74) is 0.980. The van der Waals surface area contributed by atoms with Crippen molar-refractivity contribution in [2.75, 3.05) is 11.9 Å². The third-order valence-electron chi connectivity index (χ3n) is 2.47. The van der Waals surface area contributed by atoms with Crippen LogP contribution in [0.15, 0.2) is 70.7 Å². The lowest BCUT2D eigenvalue weighted by atomic mass is 10.3. The van der Waals surface area contributed by atoms with Crippen LogP contribution in [0.25, 0.3) is 0 Å². The highest BCUT2D eigenvalue weighted by Gasteiger charge is 2.10. The Kier molecular flexibility index (Phi) is 4.25. The standard InChI is InChI=1S/C14H14N2OS/c1-16(12-8-4-2-5-9-12)14(15-17)18-13-10-6-3-7-11-13/h2-11,17H,1H3/b15-14+. The summed E-state index contributed by atoms with van der Waals surface area (Å²) in [6.45, 7) is 0. The van der Waals surface area contributed by atoms with Gasteiger partial charge in [0.05, 0.1) is 0 Å². The lowest BCUT2D eigenvalue weighted by Crippen LogP contribution is -2.23. The molecule has 3 nitrogen and oxygen atoms in total. The molecule has 0 unspecified atom stereocenters. The van der Waals surface area contributed by atoms with Crippen LogP contribution >= 0.6 is 11.8 Å². The summed E-state index contributed by atoms with van der Waals surface area (Å²) in [6, 6.07) is 19.6. The zero-order valence-corrected chi connectivity index (χ0v) is 10.8. The zero-order chi connectivity index (χ0) is 12.8. The van der Waals surface area contributed by atoms with E-state index in [0.717, 1.165) is 10.6 Å². The molecule has 0 atom stereocenters. The number of para-hydroxylation sites is 1. The van der Waals surface area contributed by atoms with E-state index in [1.165, 1.54) is 11.8 Å². The topological polar surface area (TPSA) is 35.8 Å². The molecular formula is C14H14N2OS. The minimum Gasteiger partial charge on any atom is -0.409 e. The van der Waals surface area contributed by atoms with Gasteiger partial charge in [0.2, 0.25) is 5.17 Å². The summed E-state index contributed by atoms with van der Waals surface area (Å²) in [5, 5.41) is 13.0. The fraction of sp³-hybridized carbons (Fsp3) is 0.0714. The molecule has 0 aliphatic carbocycles. The van der Waals surface area contributed by atoms with E-state index >= 15 is 0 Å². The summed E-state index contributed by atoms with van der Waals surface area (Å²) < 4.78 is 0. The van der Waals surface area contributed by atoms with Crippen molar-refractivity contribution in [3.63, 3.8) is 0 Å². The molecule has 0 amide bonds. The van der Waals surface area contributed by atoms with Crippen LogP contribution in [0.4, 0.5) is 5.69 Å². The van der Waals surface area contributed by atoms with Gasteiger partial charge < -0.3 is 10.1 Å². The lowest BCUT2D eigenvalue weighted by Gasteiger charge is -2.19. The van der Waals surface area contributed by atoms with Crippen molar-refractivity contribution in [1.82, 2.24) is 0 Å². The van der Waals surface area contributed by atoms with Gasteiger partial charge >= 0.3 is 0 Å². The second-order valence-electron chi connectivity index (χ2n) is 3.69. The molecule has 2 aromatic rings. The molecule has 2 rings (SSSR count). The Labute approximate surface area is 111 Å². The van der Waals surface area contributed by atoms with E-state index in [1.54, 1.807) is 0 Å². The largest absolute Gasteiger partial charge is 0.409 e. The van der Waals surface area contributed by atoms with Crippen LogP contribution in [0.3, 0.4) is 0 Å². The zero-order valence-electron chi connectivity index (χ0n) is 10.0. The van der Waals surface area contributed by atoms with Gasteiger partial charge in [0.25, 0.3) is 0 Å². The molecule has 0 radical (unpaired) electrons. The maximum Gasteiger partial charge on any atom is 0.211 e. The van der Waals surface area contributed by atoms with Crippen molar-refractivity contribution in [1.29, 1.82) is 0 Å². The highest BCUT2D eigenvalue weighted by Crippen LogP contribution is 2.23. The van der Waals surface area contributed by atoms with Crippen molar-refractivity contribution < 1.29 is 5.21 Å². The van der Waals surface area contributed by atoms with Gasteiger partial charge in [-0.2, -0.15) is 0 Å². The van der Waals surface area contributed by atoms with E-state index < -0.39 is 0 Å². The third kappa shape index (κ3) is 3.05. The number of benzene rings is 2. The Bertz CT molecular complexity index is 514. The summed E-state index contributed by atoms with van der Waals surface area (Å²) in [6.07, 6.45) is 0. The van der Waals surface area contributed by atoms with Crippen LogP contribution in [0, 0.1) is 0 Å². The van der Waals surface area contributed by atoms with Crippen LogP contribution in [-0.4, -0.2) is 17.4 Å². The van der Waals surface area contributed by atoms with E-state index in [2.05, 4.69) is 5.16 Å². The molecule has 4 heteroatoms. The molecule has 0 saturated carbocycles. The van der Waals surface area contributed by atoms with Crippen molar-refractivity contribution in [3.8, 4) is 0 Å². The first-order valence-electron chi connectivity index (χ1n) is 5.55. The molecule has 0 spiro atoms. The molecule has 0 aliphatic heterocycles. The second-order valence-corrected chi connectivity index (χ2v) is 4.73. The Morgan fingerprint density at radius 3 is 2.11 bits per heavy atom. The average Bonchev–Trinajstić information content (AvgIpc) is 2.46. The molecule has 0 saturated heterocycles. The van der Waals surface area contributed by atoms with Gasteiger partial charge in [-0.25, -0.2) is 0 Å². The van der Waals surface area contributed by atoms with Gasteiger partial charge in [-0.3, -0.25) is 0 Å².